The number of amides is 2. The number of para-hydroxylation sites is 1. The summed E-state index contributed by atoms with van der Waals surface area (Å²) in [5.41, 5.74) is 15.7. The number of ether oxygens (including phenoxy) is 5. The molecule has 2 amide bonds. The molecule has 0 bridgehead atoms. The zero-order valence-corrected chi connectivity index (χ0v) is 80.5. The van der Waals surface area contributed by atoms with Crippen LogP contribution in [0.5, 0.6) is 17.2 Å². The first-order valence-electron chi connectivity index (χ1n) is 45.8. The summed E-state index contributed by atoms with van der Waals surface area (Å²) >= 11 is 5.82. The van der Waals surface area contributed by atoms with Crippen LogP contribution in [0.15, 0.2) is 176 Å². The van der Waals surface area contributed by atoms with Gasteiger partial charge in [-0.1, -0.05) is 144 Å². The molecule has 142 heavy (non-hydrogen) atoms. The van der Waals surface area contributed by atoms with Crippen LogP contribution in [0, 0.1) is 17.8 Å². The second kappa shape index (κ2) is 51.2. The summed E-state index contributed by atoms with van der Waals surface area (Å²) in [5, 5.41) is 39.5. The molecule has 5 aliphatic rings. The molecular formula is C98H119ClF15N16O11P. The van der Waals surface area contributed by atoms with E-state index in [1.54, 1.807) is 72.9 Å². The fourth-order valence-electron chi connectivity index (χ4n) is 16.3. The summed E-state index contributed by atoms with van der Waals surface area (Å²) in [5.74, 6) is -3.55. The van der Waals surface area contributed by atoms with E-state index in [9.17, 15) is 75.4 Å². The summed E-state index contributed by atoms with van der Waals surface area (Å²) in [6.07, 6.45) is 0.264. The molecule has 0 atom stereocenters. The van der Waals surface area contributed by atoms with Crippen LogP contribution in [-0.2, 0) is 19.1 Å². The Labute approximate surface area is 818 Å². The number of likely N-dealkylation sites (tertiary alicyclic amines) is 2. The molecule has 0 radical (unpaired) electrons. The van der Waals surface area contributed by atoms with Gasteiger partial charge in [0, 0.05) is 81.3 Å². The Kier molecular flexibility index (Phi) is 40.9. The van der Waals surface area contributed by atoms with Gasteiger partial charge in [0.25, 0.3) is 0 Å². The van der Waals surface area contributed by atoms with Gasteiger partial charge in [-0.3, -0.25) is 0 Å². The van der Waals surface area contributed by atoms with Crippen molar-refractivity contribution in [1.29, 1.82) is 0 Å². The van der Waals surface area contributed by atoms with E-state index >= 15 is 0 Å². The predicted octanol–water partition coefficient (Wildman–Crippen LogP) is 23.7. The molecule has 44 heteroatoms. The number of carbonyl (C=O) groups is 4. The number of halogens is 16. The number of piperidine rings is 3. The number of carboxylic acids is 2. The van der Waals surface area contributed by atoms with Gasteiger partial charge in [-0.2, -0.15) is 31.4 Å². The molecule has 0 unspecified atom stereocenters. The standard InChI is InChI=1S/C26H36NP.C24H28F3N5O3.C19H20F3N5O.C13H7ClF3N3O.C11H22N2O2.2C2HF3O2.CH4/c1-27(2)25-19-11-9-17-23(25)24-18-10-12-20-26(24)28(21-13-5-3-6-14-21)22-15-7-4-8-16-22;1-23(2,3)35-22(33)31-11-9-16(10-12-31)14-28-20-7-8-21-29-15-19(32(21)30-20)17-5-4-6-18(13-17)34-24(25,26)27;20-19(21,22)28-15-3-1-2-14(10-15)16-12-25-18-5-4-17(26-27(16)18)24-11-13-6-8-23-9-7-13;14-11-4-5-12-18-7-10(20(12)19-11)8-2-1-3-9(6-8)21-13(15,16)17;1-11(2,3)15-10(14)13-6-4-9(8-12)5-7-13;2*3-2(4,5)1(6)7;/h9-12,17-22H,3-8,13-16H2,1-2H3;4-8,13,15-16H,9-12,14H2,1-3H3,(H,28,30);1-5,10,12-13,23H,6-9,11H2,(H,24,26);1-7H;9H,4-8,12H2,1-3H3;2*(H,6,7);1H4. The quantitative estimate of drug-likeness (QED) is 0.0343. The fraction of sp³-hybridized carbons (Fsp3) is 0.469. The molecule has 11 aromatic rings. The summed E-state index contributed by atoms with van der Waals surface area (Å²) in [6, 6.07) is 46.1. The van der Waals surface area contributed by atoms with Crippen molar-refractivity contribution in [2.75, 3.05) is 88.5 Å². The fourth-order valence-corrected chi connectivity index (χ4v) is 20.4. The Morgan fingerprint density at radius 2 is 0.796 bits per heavy atom. The number of alkyl halides is 15. The van der Waals surface area contributed by atoms with Crippen LogP contribution in [0.2, 0.25) is 5.15 Å². The number of hydrogen-bond acceptors (Lipinski definition) is 20. The minimum Gasteiger partial charge on any atom is -0.475 e. The number of carbonyl (C=O) groups excluding carboxylic acids is 2. The lowest BCUT2D eigenvalue weighted by atomic mass is 9.97. The van der Waals surface area contributed by atoms with Crippen molar-refractivity contribution >= 4 is 83.2 Å². The van der Waals surface area contributed by atoms with Crippen LogP contribution < -0.4 is 46.1 Å². The van der Waals surface area contributed by atoms with E-state index in [0.717, 1.165) is 89.1 Å². The first-order chi connectivity index (χ1) is 66.4. The van der Waals surface area contributed by atoms with Gasteiger partial charge < -0.3 is 70.3 Å². The van der Waals surface area contributed by atoms with Gasteiger partial charge in [0.05, 0.1) is 35.7 Å². The van der Waals surface area contributed by atoms with E-state index in [-0.39, 0.29) is 49.9 Å². The number of aromatic nitrogens is 9. The molecule has 0 spiro atoms. The largest absolute Gasteiger partial charge is 0.573 e. The average Bonchev–Trinajstić information content (AvgIpc) is 0.987. The first-order valence-corrected chi connectivity index (χ1v) is 47.7. The molecule has 27 nitrogen and oxygen atoms in total. The van der Waals surface area contributed by atoms with Crippen LogP contribution in [0.1, 0.15) is 152 Å². The number of nitrogens with one attached hydrogen (secondary N) is 3. The molecule has 3 aliphatic heterocycles. The molecule has 5 fully saturated rings. The van der Waals surface area contributed by atoms with Crippen molar-refractivity contribution in [1.82, 2.24) is 58.9 Å². The molecule has 6 aromatic heterocycles. The van der Waals surface area contributed by atoms with E-state index in [2.05, 4.69) is 128 Å². The monoisotopic (exact) mass is 2050 g/mol. The molecule has 16 rings (SSSR count). The first kappa shape index (κ1) is 113. The third kappa shape index (κ3) is 36.0. The summed E-state index contributed by atoms with van der Waals surface area (Å²) in [7, 11) is 4.26. The number of nitrogens with two attached hydrogens (primary N) is 1. The number of anilines is 3. The predicted molar refractivity (Wildman–Crippen MR) is 514 cm³/mol. The van der Waals surface area contributed by atoms with E-state index in [1.807, 2.05) is 59.7 Å². The van der Waals surface area contributed by atoms with E-state index in [4.69, 9.17) is 46.6 Å². The van der Waals surface area contributed by atoms with Gasteiger partial charge >= 0.3 is 55.6 Å². The maximum absolute atomic E-state index is 12.6. The number of imidazole rings is 3. The Balaban J connectivity index is 0.000000194. The van der Waals surface area contributed by atoms with Crippen molar-refractivity contribution < 1.29 is 119 Å². The highest BCUT2D eigenvalue weighted by Crippen LogP contribution is 2.57. The zero-order chi connectivity index (χ0) is 103. The van der Waals surface area contributed by atoms with Gasteiger partial charge in [-0.15, -0.1) is 49.7 Å². The van der Waals surface area contributed by atoms with Gasteiger partial charge in [0.1, 0.15) is 45.2 Å². The van der Waals surface area contributed by atoms with Gasteiger partial charge in [-0.05, 0) is 244 Å². The van der Waals surface area contributed by atoms with Gasteiger partial charge in [0.2, 0.25) is 0 Å². The number of aliphatic carboxylic acids is 2. The molecular weight excluding hydrogens is 1930 g/mol. The Morgan fingerprint density at radius 3 is 1.15 bits per heavy atom. The van der Waals surface area contributed by atoms with Crippen LogP contribution in [0.4, 0.5) is 92.8 Å². The lowest BCUT2D eigenvalue weighted by molar-refractivity contribution is -0.275. The minimum atomic E-state index is -5.08. The third-order valence-corrected chi connectivity index (χ3v) is 26.6. The number of nitrogens with zero attached hydrogens (tertiary/aromatic N) is 12. The van der Waals surface area contributed by atoms with Crippen molar-refractivity contribution in [2.24, 2.45) is 23.5 Å². The number of fused-ring (bicyclic) bond motifs is 3. The van der Waals surface area contributed by atoms with E-state index in [1.165, 1.54) is 146 Å². The Bertz CT molecular complexity index is 5820. The number of hydrogen-bond donors (Lipinski definition) is 6. The van der Waals surface area contributed by atoms with Gasteiger partial charge in [-0.25, -0.2) is 47.7 Å². The molecule has 5 aromatic carbocycles. The Hall–Kier alpha value is -12.2. The van der Waals surface area contributed by atoms with Crippen LogP contribution >= 0.6 is 19.5 Å². The molecule has 2 aliphatic carbocycles. The Morgan fingerprint density at radius 1 is 0.451 bits per heavy atom. The maximum atomic E-state index is 12.6. The summed E-state index contributed by atoms with van der Waals surface area (Å²) in [4.78, 5) is 60.2. The lowest BCUT2D eigenvalue weighted by Crippen LogP contribution is -2.42. The summed E-state index contributed by atoms with van der Waals surface area (Å²) < 4.78 is 203. The highest BCUT2D eigenvalue weighted by molar-refractivity contribution is 7.67. The number of rotatable bonds is 18. The number of benzene rings is 5. The van der Waals surface area contributed by atoms with Crippen molar-refractivity contribution in [3.63, 3.8) is 0 Å². The van der Waals surface area contributed by atoms with Crippen LogP contribution in [0.25, 0.3) is 61.8 Å². The van der Waals surface area contributed by atoms with Gasteiger partial charge in [0.15, 0.2) is 16.9 Å². The SMILES string of the molecule is C.CC(C)(C)OC(=O)N1CCC(CN)CC1.CC(C)(C)OC(=O)N1CCC(CNc2ccc3ncc(-c4cccc(OC(F)(F)F)c4)n3n2)CC1.CN(C)c1ccccc1-c1ccccc1P(C1CCCCC1)C1CCCCC1.FC(F)(F)Oc1cccc(-c2cnc3ccc(Cl)nn23)c1.FC(F)(F)Oc1cccc(-c2cnc3ccc(NCC4CCNCC4)nn23)c1.O=C(O)C(F)(F)F.O=C(O)C(F)(F)F. The number of carboxylic acid groups (broad SMARTS) is 2. The van der Waals surface area contributed by atoms with Crippen molar-refractivity contribution in [3.8, 4) is 62.1 Å². The highest BCUT2D eigenvalue weighted by Gasteiger charge is 2.41. The van der Waals surface area contributed by atoms with Crippen molar-refractivity contribution in [3.05, 3.63) is 181 Å². The summed E-state index contributed by atoms with van der Waals surface area (Å²) in [6.45, 7) is 18.3. The van der Waals surface area contributed by atoms with Crippen LogP contribution in [0.3, 0.4) is 0 Å². The van der Waals surface area contributed by atoms with E-state index in [0.29, 0.717) is 99.7 Å². The molecule has 9 heterocycles. The third-order valence-electron chi connectivity index (χ3n) is 22.9. The molecule has 3 saturated heterocycles. The normalized spacial score (nSPS) is 15.5. The van der Waals surface area contributed by atoms with E-state index < -0.39 is 54.6 Å². The highest BCUT2D eigenvalue weighted by atomic mass is 35.5. The van der Waals surface area contributed by atoms with Crippen molar-refractivity contribution in [2.45, 2.75) is 206 Å². The molecule has 7 N–H and O–H groups in total. The van der Waals surface area contributed by atoms with Crippen LogP contribution in [-0.4, -0.2) is 215 Å². The second-order valence-corrected chi connectivity index (χ2v) is 39.2. The lowest BCUT2D eigenvalue weighted by Gasteiger charge is -2.39. The molecule has 774 valence electrons. The molecule has 2 saturated carbocycles. The zero-order valence-electron chi connectivity index (χ0n) is 78.8. The smallest absolute Gasteiger partial charge is 0.475 e. The maximum Gasteiger partial charge on any atom is 0.573 e. The average molecular weight is 2050 g/mol. The second-order valence-electron chi connectivity index (χ2n) is 36.1. The topological polar surface area (TPSA) is 317 Å². The minimum absolute atomic E-state index is 0.